The lowest BCUT2D eigenvalue weighted by atomic mass is 10.2. The summed E-state index contributed by atoms with van der Waals surface area (Å²) in [7, 11) is 0. The van der Waals surface area contributed by atoms with Crippen LogP contribution in [0.15, 0.2) is 12.7 Å². The van der Waals surface area contributed by atoms with E-state index in [2.05, 4.69) is 6.58 Å². The molecule has 1 unspecified atom stereocenters. The van der Waals surface area contributed by atoms with Crippen molar-refractivity contribution in [1.29, 1.82) is 0 Å². The van der Waals surface area contributed by atoms with Crippen LogP contribution in [0.2, 0.25) is 0 Å². The van der Waals surface area contributed by atoms with Gasteiger partial charge in [0.05, 0.1) is 6.04 Å². The zero-order valence-corrected chi connectivity index (χ0v) is 5.51. The highest BCUT2D eigenvalue weighted by Crippen LogP contribution is 1.92. The summed E-state index contributed by atoms with van der Waals surface area (Å²) in [6.45, 7) is 2.66. The molecule has 0 rings (SSSR count). The maximum Gasteiger partial charge on any atom is 0.404 e. The SMILES string of the molecule is C=CCC(CF)NC(=O)O. The van der Waals surface area contributed by atoms with Crippen molar-refractivity contribution < 1.29 is 14.3 Å². The van der Waals surface area contributed by atoms with Gasteiger partial charge in [0.15, 0.2) is 0 Å². The number of carbonyl (C=O) groups is 1. The standard InChI is InChI=1S/C6H10FNO2/c1-2-3-5(4-7)8-6(9)10/h2,5,8H,1,3-4H2,(H,9,10). The van der Waals surface area contributed by atoms with Gasteiger partial charge in [-0.3, -0.25) is 0 Å². The molecule has 0 bridgehead atoms. The predicted molar refractivity (Wildman–Crippen MR) is 35.7 cm³/mol. The molecule has 0 saturated heterocycles. The fourth-order valence-electron chi connectivity index (χ4n) is 0.536. The van der Waals surface area contributed by atoms with Gasteiger partial charge in [0.1, 0.15) is 6.67 Å². The molecule has 0 spiro atoms. The first-order chi connectivity index (χ1) is 4.70. The number of rotatable bonds is 4. The van der Waals surface area contributed by atoms with Crippen LogP contribution in [-0.2, 0) is 0 Å². The van der Waals surface area contributed by atoms with E-state index in [1.807, 2.05) is 5.32 Å². The normalized spacial score (nSPS) is 12.1. The summed E-state index contributed by atoms with van der Waals surface area (Å²) in [5.41, 5.74) is 0. The molecular formula is C6H10FNO2. The summed E-state index contributed by atoms with van der Waals surface area (Å²) in [6, 6.07) is -0.644. The topological polar surface area (TPSA) is 49.3 Å². The van der Waals surface area contributed by atoms with Crippen LogP contribution in [0.1, 0.15) is 6.42 Å². The highest BCUT2D eigenvalue weighted by molar-refractivity contribution is 5.64. The Morgan fingerprint density at radius 2 is 2.50 bits per heavy atom. The van der Waals surface area contributed by atoms with Crippen molar-refractivity contribution in [2.24, 2.45) is 0 Å². The minimum Gasteiger partial charge on any atom is -0.465 e. The Hall–Kier alpha value is -1.06. The average Bonchev–Trinajstić information content (AvgIpc) is 1.86. The molecule has 0 aromatic heterocycles. The van der Waals surface area contributed by atoms with Gasteiger partial charge in [-0.25, -0.2) is 9.18 Å². The fourth-order valence-corrected chi connectivity index (χ4v) is 0.536. The van der Waals surface area contributed by atoms with Gasteiger partial charge >= 0.3 is 6.09 Å². The highest BCUT2D eigenvalue weighted by Gasteiger charge is 2.07. The second kappa shape index (κ2) is 4.78. The van der Waals surface area contributed by atoms with Gasteiger partial charge in [0.25, 0.3) is 0 Å². The van der Waals surface area contributed by atoms with Gasteiger partial charge in [-0.15, -0.1) is 6.58 Å². The van der Waals surface area contributed by atoms with Crippen molar-refractivity contribution in [3.05, 3.63) is 12.7 Å². The zero-order chi connectivity index (χ0) is 7.98. The van der Waals surface area contributed by atoms with Crippen LogP contribution in [-0.4, -0.2) is 23.9 Å². The third-order valence-electron chi connectivity index (χ3n) is 0.965. The molecule has 0 aromatic carbocycles. The van der Waals surface area contributed by atoms with E-state index >= 15 is 0 Å². The molecule has 0 fully saturated rings. The van der Waals surface area contributed by atoms with Crippen molar-refractivity contribution in [3.8, 4) is 0 Å². The number of hydrogen-bond acceptors (Lipinski definition) is 1. The van der Waals surface area contributed by atoms with Crippen LogP contribution in [0, 0.1) is 0 Å². The van der Waals surface area contributed by atoms with Gasteiger partial charge in [0.2, 0.25) is 0 Å². The first kappa shape index (κ1) is 8.94. The fraction of sp³-hybridized carbons (Fsp3) is 0.500. The first-order valence-corrected chi connectivity index (χ1v) is 2.87. The summed E-state index contributed by atoms with van der Waals surface area (Å²) >= 11 is 0. The second-order valence-corrected chi connectivity index (χ2v) is 1.83. The van der Waals surface area contributed by atoms with Crippen molar-refractivity contribution in [3.63, 3.8) is 0 Å². The monoisotopic (exact) mass is 147 g/mol. The molecule has 0 aliphatic rings. The molecule has 3 nitrogen and oxygen atoms in total. The summed E-state index contributed by atoms with van der Waals surface area (Å²) in [5.74, 6) is 0. The Labute approximate surface area is 58.5 Å². The number of hydrogen-bond donors (Lipinski definition) is 2. The van der Waals surface area contributed by atoms with E-state index < -0.39 is 18.8 Å². The molecule has 0 radical (unpaired) electrons. The molecule has 0 aliphatic heterocycles. The van der Waals surface area contributed by atoms with Crippen LogP contribution in [0.4, 0.5) is 9.18 Å². The van der Waals surface area contributed by atoms with Crippen molar-refractivity contribution in [2.45, 2.75) is 12.5 Å². The van der Waals surface area contributed by atoms with E-state index in [-0.39, 0.29) is 0 Å². The summed E-state index contributed by atoms with van der Waals surface area (Å²) < 4.78 is 11.8. The summed E-state index contributed by atoms with van der Waals surface area (Å²) in [5, 5.41) is 10.1. The lowest BCUT2D eigenvalue weighted by Gasteiger charge is -2.08. The van der Waals surface area contributed by atoms with E-state index in [0.717, 1.165) is 0 Å². The summed E-state index contributed by atoms with van der Waals surface area (Å²) in [6.07, 6.45) is 0.590. The number of carboxylic acid groups (broad SMARTS) is 1. The van der Waals surface area contributed by atoms with Gasteiger partial charge in [-0.1, -0.05) is 6.08 Å². The van der Waals surface area contributed by atoms with Crippen LogP contribution in [0.25, 0.3) is 0 Å². The quantitative estimate of drug-likeness (QED) is 0.586. The maximum atomic E-state index is 11.8. The van der Waals surface area contributed by atoms with E-state index in [4.69, 9.17) is 5.11 Å². The molecular weight excluding hydrogens is 137 g/mol. The van der Waals surface area contributed by atoms with Crippen LogP contribution < -0.4 is 5.32 Å². The summed E-state index contributed by atoms with van der Waals surface area (Å²) in [4.78, 5) is 9.93. The van der Waals surface area contributed by atoms with E-state index in [1.54, 1.807) is 0 Å². The molecule has 0 aliphatic carbocycles. The second-order valence-electron chi connectivity index (χ2n) is 1.83. The zero-order valence-electron chi connectivity index (χ0n) is 5.51. The predicted octanol–water partition coefficient (Wildman–Crippen LogP) is 1.17. The van der Waals surface area contributed by atoms with Crippen molar-refractivity contribution in [2.75, 3.05) is 6.67 Å². The van der Waals surface area contributed by atoms with Gasteiger partial charge in [0, 0.05) is 0 Å². The number of nitrogens with one attached hydrogen (secondary N) is 1. The Kier molecular flexibility index (Phi) is 4.28. The van der Waals surface area contributed by atoms with Gasteiger partial charge in [-0.2, -0.15) is 0 Å². The van der Waals surface area contributed by atoms with Crippen molar-refractivity contribution >= 4 is 6.09 Å². The number of alkyl halides is 1. The molecule has 4 heteroatoms. The largest absolute Gasteiger partial charge is 0.465 e. The van der Waals surface area contributed by atoms with E-state index in [1.165, 1.54) is 6.08 Å². The van der Waals surface area contributed by atoms with E-state index in [9.17, 15) is 9.18 Å². The van der Waals surface area contributed by atoms with Gasteiger partial charge in [-0.05, 0) is 6.42 Å². The molecule has 1 atom stereocenters. The third kappa shape index (κ3) is 3.88. The minimum atomic E-state index is -1.20. The minimum absolute atomic E-state index is 0.322. The molecule has 0 saturated carbocycles. The molecule has 0 aromatic rings. The average molecular weight is 147 g/mol. The van der Waals surface area contributed by atoms with Gasteiger partial charge < -0.3 is 10.4 Å². The first-order valence-electron chi connectivity index (χ1n) is 2.87. The lowest BCUT2D eigenvalue weighted by molar-refractivity contribution is 0.187. The van der Waals surface area contributed by atoms with Crippen LogP contribution >= 0.6 is 0 Å². The third-order valence-corrected chi connectivity index (χ3v) is 0.965. The number of halogens is 1. The van der Waals surface area contributed by atoms with Crippen LogP contribution in [0.5, 0.6) is 0 Å². The Morgan fingerprint density at radius 3 is 2.80 bits per heavy atom. The number of amides is 1. The lowest BCUT2D eigenvalue weighted by Crippen LogP contribution is -2.34. The maximum absolute atomic E-state index is 11.8. The highest BCUT2D eigenvalue weighted by atomic mass is 19.1. The molecule has 58 valence electrons. The molecule has 10 heavy (non-hydrogen) atoms. The Bertz CT molecular complexity index is 127. The smallest absolute Gasteiger partial charge is 0.404 e. The van der Waals surface area contributed by atoms with Crippen molar-refractivity contribution in [1.82, 2.24) is 5.32 Å². The molecule has 1 amide bonds. The molecule has 0 heterocycles. The Balaban J connectivity index is 3.59. The van der Waals surface area contributed by atoms with E-state index in [0.29, 0.717) is 6.42 Å². The Morgan fingerprint density at radius 1 is 1.90 bits per heavy atom. The van der Waals surface area contributed by atoms with Crippen LogP contribution in [0.3, 0.4) is 0 Å². The molecule has 2 N–H and O–H groups in total.